The number of nitrogens with two attached hydrogens (primary N) is 1. The number of primary amides is 1. The Kier molecular flexibility index (Phi) is 13.8. The van der Waals surface area contributed by atoms with E-state index in [9.17, 15) is 24.0 Å². The van der Waals surface area contributed by atoms with Crippen molar-refractivity contribution in [1.29, 1.82) is 0 Å². The van der Waals surface area contributed by atoms with Crippen molar-refractivity contribution in [3.05, 3.63) is 137 Å². The SMILES string of the molecule is C=C(CCCCC(N)=O)NCC(=O)NC(C)C(=O)Nc1cc(COc2cc3c(cc2OC)C(=O)N2c4ccccc4CC2C=N3)cc(COc2cc3c(cc2OC)C(=O)N2c4ccccc4C[C@H]2C=N3)c1. The molecule has 4 heterocycles. The van der Waals surface area contributed by atoms with E-state index < -0.39 is 17.9 Å². The maximum absolute atomic E-state index is 14.0. The van der Waals surface area contributed by atoms with Gasteiger partial charge in [-0.15, -0.1) is 0 Å². The number of hydrogen-bond acceptors (Lipinski definition) is 12. The van der Waals surface area contributed by atoms with Crippen LogP contribution in [0.2, 0.25) is 0 Å². The minimum atomic E-state index is -0.930. The number of anilines is 3. The van der Waals surface area contributed by atoms with Crippen LogP contribution in [0.5, 0.6) is 23.0 Å². The highest BCUT2D eigenvalue weighted by molar-refractivity contribution is 6.16. The summed E-state index contributed by atoms with van der Waals surface area (Å²) in [4.78, 5) is 78.7. The number of amides is 5. The van der Waals surface area contributed by atoms with Crippen LogP contribution in [0.1, 0.15) is 75.6 Å². The van der Waals surface area contributed by atoms with E-state index >= 15 is 0 Å². The van der Waals surface area contributed by atoms with Gasteiger partial charge in [-0.25, -0.2) is 0 Å². The van der Waals surface area contributed by atoms with Crippen LogP contribution in [0.25, 0.3) is 0 Å². The standard InChI is InChI=1S/C54H54N8O9/c1-31(11-5-10-16-50(55)63)56-28-51(64)59-32(2)52(65)60-37-18-33(29-70-48-24-42-40(22-46(48)68-3)53(66)61-38(26-57-42)20-35-12-6-8-14-44(35)61)17-34(19-37)30-71-49-25-43-41(23-47(49)69-4)54(67)62-39(27-58-43)21-36-13-7-9-15-45(36)62/h6-9,12-15,17-19,22-27,32,38-39,56H,1,5,10-11,16,20-21,28-30H2,2-4H3,(H2,55,63)(H,59,64)(H,60,65)/t32?,38-,39?/m0/s1. The fourth-order valence-electron chi connectivity index (χ4n) is 9.24. The number of allylic oxidation sites excluding steroid dienone is 1. The van der Waals surface area contributed by atoms with Crippen LogP contribution in [-0.4, -0.2) is 80.9 Å². The van der Waals surface area contributed by atoms with Gasteiger partial charge in [0.05, 0.1) is 55.3 Å². The minimum absolute atomic E-state index is 0.00416. The van der Waals surface area contributed by atoms with E-state index in [1.807, 2.05) is 54.6 Å². The molecule has 0 saturated carbocycles. The largest absolute Gasteiger partial charge is 0.493 e. The van der Waals surface area contributed by atoms with Crippen molar-refractivity contribution < 1.29 is 42.9 Å². The molecule has 4 aliphatic rings. The summed E-state index contributed by atoms with van der Waals surface area (Å²) in [6.45, 7) is 5.41. The Bertz CT molecular complexity index is 2860. The van der Waals surface area contributed by atoms with Crippen LogP contribution in [0.3, 0.4) is 0 Å². The number of aliphatic imine (C=N–C) groups is 2. The second-order valence-corrected chi connectivity index (χ2v) is 17.8. The molecule has 5 N–H and O–H groups in total. The van der Waals surface area contributed by atoms with Crippen LogP contribution >= 0.6 is 0 Å². The van der Waals surface area contributed by atoms with Crippen LogP contribution in [0.4, 0.5) is 28.4 Å². The average molecular weight is 959 g/mol. The Labute approximate surface area is 410 Å². The predicted molar refractivity (Wildman–Crippen MR) is 270 cm³/mol. The van der Waals surface area contributed by atoms with Crippen molar-refractivity contribution in [2.45, 2.75) is 76.8 Å². The first-order valence-corrected chi connectivity index (χ1v) is 23.4. The van der Waals surface area contributed by atoms with Crippen LogP contribution in [0, 0.1) is 0 Å². The Balaban J connectivity index is 0.935. The Morgan fingerprint density at radius 1 is 0.718 bits per heavy atom. The van der Waals surface area contributed by atoms with Gasteiger partial charge in [0, 0.05) is 66.6 Å². The molecule has 4 aliphatic heterocycles. The highest BCUT2D eigenvalue weighted by Gasteiger charge is 2.38. The van der Waals surface area contributed by atoms with Crippen molar-refractivity contribution in [3.63, 3.8) is 0 Å². The van der Waals surface area contributed by atoms with Gasteiger partial charge in [-0.05, 0) is 90.9 Å². The second kappa shape index (κ2) is 20.6. The average Bonchev–Trinajstić information content (AvgIpc) is 3.86. The lowest BCUT2D eigenvalue weighted by molar-refractivity contribution is -0.125. The quantitative estimate of drug-likeness (QED) is 0.0620. The molecule has 17 heteroatoms. The maximum Gasteiger partial charge on any atom is 0.261 e. The van der Waals surface area contributed by atoms with E-state index in [0.29, 0.717) is 100 Å². The van der Waals surface area contributed by atoms with E-state index in [2.05, 4.69) is 22.5 Å². The third-order valence-corrected chi connectivity index (χ3v) is 12.8. The second-order valence-electron chi connectivity index (χ2n) is 17.8. The lowest BCUT2D eigenvalue weighted by Gasteiger charge is -2.22. The Morgan fingerprint density at radius 2 is 1.23 bits per heavy atom. The first kappa shape index (κ1) is 47.6. The van der Waals surface area contributed by atoms with E-state index in [-0.39, 0.29) is 56.0 Å². The number of unbranched alkanes of at least 4 members (excludes halogenated alkanes) is 1. The molecule has 5 amide bonds. The van der Waals surface area contributed by atoms with Gasteiger partial charge < -0.3 is 40.6 Å². The van der Waals surface area contributed by atoms with Crippen molar-refractivity contribution >= 4 is 70.4 Å². The van der Waals surface area contributed by atoms with Crippen molar-refractivity contribution in [2.24, 2.45) is 15.7 Å². The summed E-state index contributed by atoms with van der Waals surface area (Å²) in [5.74, 6) is -0.299. The van der Waals surface area contributed by atoms with Gasteiger partial charge in [0.15, 0.2) is 23.0 Å². The summed E-state index contributed by atoms with van der Waals surface area (Å²) < 4.78 is 24.3. The number of fused-ring (bicyclic) bond motifs is 8. The molecule has 0 spiro atoms. The molecule has 0 fully saturated rings. The number of hydrogen-bond donors (Lipinski definition) is 4. The third-order valence-electron chi connectivity index (χ3n) is 12.8. The number of nitrogens with one attached hydrogen (secondary N) is 3. The van der Waals surface area contributed by atoms with Crippen LogP contribution < -0.4 is 50.4 Å². The molecule has 5 aromatic rings. The first-order valence-electron chi connectivity index (χ1n) is 23.4. The Hall–Kier alpha value is -8.47. The molecule has 0 radical (unpaired) electrons. The van der Waals surface area contributed by atoms with Crippen molar-refractivity contribution in [3.8, 4) is 23.0 Å². The molecule has 9 rings (SSSR count). The summed E-state index contributed by atoms with van der Waals surface area (Å²) in [5, 5.41) is 8.61. The molecule has 0 bridgehead atoms. The topological polar surface area (TPSA) is 216 Å². The Morgan fingerprint density at radius 3 is 1.73 bits per heavy atom. The van der Waals surface area contributed by atoms with Crippen LogP contribution in [0.15, 0.2) is 113 Å². The number of methoxy groups -OCH3 is 2. The first-order chi connectivity index (χ1) is 34.4. The predicted octanol–water partition coefficient (Wildman–Crippen LogP) is 7.03. The molecular weight excluding hydrogens is 905 g/mol. The normalized spacial score (nSPS) is 16.2. The monoisotopic (exact) mass is 958 g/mol. The van der Waals surface area contributed by atoms with E-state index in [4.69, 9.17) is 34.7 Å². The highest BCUT2D eigenvalue weighted by Crippen LogP contribution is 2.43. The van der Waals surface area contributed by atoms with E-state index in [1.165, 1.54) is 14.2 Å². The summed E-state index contributed by atoms with van der Waals surface area (Å²) in [7, 11) is 3.00. The molecule has 3 atom stereocenters. The number of nitrogens with zero attached hydrogens (tertiary/aromatic N) is 4. The van der Waals surface area contributed by atoms with Crippen molar-refractivity contribution in [2.75, 3.05) is 35.9 Å². The van der Waals surface area contributed by atoms with Gasteiger partial charge in [0.25, 0.3) is 11.8 Å². The molecule has 5 aromatic carbocycles. The lowest BCUT2D eigenvalue weighted by Crippen LogP contribution is -2.44. The molecule has 364 valence electrons. The summed E-state index contributed by atoms with van der Waals surface area (Å²) in [6, 6.07) is 26.3. The van der Waals surface area contributed by atoms with Gasteiger partial charge in [0.2, 0.25) is 17.7 Å². The fraction of sp³-hybridized carbons (Fsp3) is 0.278. The van der Waals surface area contributed by atoms with Gasteiger partial charge in [-0.2, -0.15) is 0 Å². The van der Waals surface area contributed by atoms with Gasteiger partial charge in [0.1, 0.15) is 19.3 Å². The number of benzene rings is 5. The number of carbonyl (C=O) groups excluding carboxylic acids is 5. The smallest absolute Gasteiger partial charge is 0.261 e. The van der Waals surface area contributed by atoms with E-state index in [1.54, 1.807) is 65.6 Å². The summed E-state index contributed by atoms with van der Waals surface area (Å²) >= 11 is 0. The molecule has 0 aliphatic carbocycles. The zero-order valence-electron chi connectivity index (χ0n) is 39.7. The zero-order chi connectivity index (χ0) is 49.8. The summed E-state index contributed by atoms with van der Waals surface area (Å²) in [5.41, 5.74) is 13.0. The minimum Gasteiger partial charge on any atom is -0.493 e. The molecule has 0 saturated heterocycles. The number of para-hydroxylation sites is 2. The van der Waals surface area contributed by atoms with Gasteiger partial charge in [-0.1, -0.05) is 43.0 Å². The molecule has 2 unspecified atom stereocenters. The number of ether oxygens (including phenoxy) is 4. The van der Waals surface area contributed by atoms with Gasteiger partial charge in [-0.3, -0.25) is 43.8 Å². The lowest BCUT2D eigenvalue weighted by atomic mass is 10.1. The third kappa shape index (κ3) is 10.3. The zero-order valence-corrected chi connectivity index (χ0v) is 39.7. The fourth-order valence-corrected chi connectivity index (χ4v) is 9.24. The highest BCUT2D eigenvalue weighted by atomic mass is 16.5. The maximum atomic E-state index is 14.0. The van der Waals surface area contributed by atoms with Crippen molar-refractivity contribution in [1.82, 2.24) is 10.6 Å². The molecular formula is C54H54N8O9. The summed E-state index contributed by atoms with van der Waals surface area (Å²) in [6.07, 6.45) is 7.02. The molecule has 0 aromatic heterocycles. The molecule has 17 nitrogen and oxygen atoms in total. The van der Waals surface area contributed by atoms with Crippen LogP contribution in [-0.2, 0) is 40.4 Å². The molecule has 71 heavy (non-hydrogen) atoms. The van der Waals surface area contributed by atoms with E-state index in [0.717, 1.165) is 22.5 Å². The number of carbonyl (C=O) groups is 5. The number of rotatable bonds is 19. The van der Waals surface area contributed by atoms with Gasteiger partial charge >= 0.3 is 0 Å².